The van der Waals surface area contributed by atoms with Crippen LogP contribution < -0.4 is 16.4 Å². The molecule has 0 radical (unpaired) electrons. The number of nitrogens with two attached hydrogens (primary N) is 1. The van der Waals surface area contributed by atoms with Gasteiger partial charge in [0, 0.05) is 62.4 Å². The summed E-state index contributed by atoms with van der Waals surface area (Å²) < 4.78 is 43.1. The van der Waals surface area contributed by atoms with Gasteiger partial charge in [-0.15, -0.1) is 5.10 Å². The predicted octanol–water partition coefficient (Wildman–Crippen LogP) is 4.39. The van der Waals surface area contributed by atoms with E-state index in [0.29, 0.717) is 24.4 Å². The number of likely N-dealkylation sites (N-methyl/N-ethyl adjacent to an activating group) is 1. The number of carbonyl (C=O) groups is 1. The van der Waals surface area contributed by atoms with Gasteiger partial charge in [-0.2, -0.15) is 13.2 Å². The number of hydrogen-bond acceptors (Lipinski definition) is 6. The maximum Gasteiger partial charge on any atom is 0.416 e. The van der Waals surface area contributed by atoms with E-state index < -0.39 is 17.8 Å². The molecule has 1 aromatic carbocycles. The third kappa shape index (κ3) is 5.87. The fraction of sp³-hybridized carbons (Fsp3) is 0.269. The molecule has 1 fully saturated rings. The zero-order chi connectivity index (χ0) is 26.9. The van der Waals surface area contributed by atoms with Gasteiger partial charge in [-0.05, 0) is 54.6 Å². The van der Waals surface area contributed by atoms with Crippen LogP contribution in [0.1, 0.15) is 11.1 Å². The second kappa shape index (κ2) is 10.3. The van der Waals surface area contributed by atoms with Crippen molar-refractivity contribution in [3.8, 4) is 11.1 Å². The van der Waals surface area contributed by atoms with Crippen molar-refractivity contribution >= 4 is 28.9 Å². The third-order valence-electron chi connectivity index (χ3n) is 6.49. The van der Waals surface area contributed by atoms with Crippen molar-refractivity contribution in [3.63, 3.8) is 0 Å². The van der Waals surface area contributed by atoms with Gasteiger partial charge >= 0.3 is 12.2 Å². The van der Waals surface area contributed by atoms with Gasteiger partial charge in [0.05, 0.1) is 11.1 Å². The van der Waals surface area contributed by atoms with E-state index >= 15 is 0 Å². The summed E-state index contributed by atoms with van der Waals surface area (Å²) in [7, 11) is 1.99. The van der Waals surface area contributed by atoms with Crippen LogP contribution in [0.25, 0.3) is 16.6 Å². The number of piperazine rings is 1. The van der Waals surface area contributed by atoms with Crippen molar-refractivity contribution in [1.82, 2.24) is 24.4 Å². The number of fused-ring (bicyclic) bond motifs is 1. The number of urea groups is 1. The molecule has 0 spiro atoms. The highest BCUT2D eigenvalue weighted by Crippen LogP contribution is 2.34. The molecule has 2 amide bonds. The standard InChI is InChI=1S/C26H27F3N8O/c1-35-8-10-36(11-9-35)16-19-2-4-20(13-22(19)26(27,28)29)32-25(38)33-24-14-21-12-17(6-7-37(21)34-24)18-3-5-23(30)31-15-18/h2-7,12-15H,8-11,16H2,1H3,(H2,30,31)(H2,32,33,34,38). The van der Waals surface area contributed by atoms with Gasteiger partial charge in [-0.25, -0.2) is 14.3 Å². The molecule has 3 aromatic heterocycles. The number of carbonyl (C=O) groups excluding carboxylic acids is 1. The van der Waals surface area contributed by atoms with Crippen LogP contribution in [0.5, 0.6) is 0 Å². The van der Waals surface area contributed by atoms with E-state index in [-0.39, 0.29) is 23.6 Å². The number of alkyl halides is 3. The molecule has 0 saturated carbocycles. The van der Waals surface area contributed by atoms with E-state index in [1.165, 1.54) is 12.1 Å². The van der Waals surface area contributed by atoms with E-state index in [4.69, 9.17) is 5.73 Å². The van der Waals surface area contributed by atoms with Gasteiger partial charge in [0.1, 0.15) is 5.82 Å². The Labute approximate surface area is 217 Å². The minimum Gasteiger partial charge on any atom is -0.384 e. The van der Waals surface area contributed by atoms with Gasteiger partial charge in [-0.1, -0.05) is 6.07 Å². The van der Waals surface area contributed by atoms with Crippen molar-refractivity contribution in [2.75, 3.05) is 49.6 Å². The lowest BCUT2D eigenvalue weighted by Gasteiger charge is -2.33. The van der Waals surface area contributed by atoms with E-state index in [0.717, 1.165) is 30.3 Å². The topological polar surface area (TPSA) is 104 Å². The number of hydrogen-bond donors (Lipinski definition) is 3. The Morgan fingerprint density at radius 2 is 1.79 bits per heavy atom. The molecule has 0 bridgehead atoms. The lowest BCUT2D eigenvalue weighted by atomic mass is 10.0. The molecule has 4 aromatic rings. The molecule has 9 nitrogen and oxygen atoms in total. The average Bonchev–Trinajstić information content (AvgIpc) is 3.27. The lowest BCUT2D eigenvalue weighted by molar-refractivity contribution is -0.138. The van der Waals surface area contributed by atoms with Gasteiger partial charge in [-0.3, -0.25) is 10.2 Å². The molecule has 0 unspecified atom stereocenters. The Morgan fingerprint density at radius 3 is 2.50 bits per heavy atom. The number of amides is 2. The Hall–Kier alpha value is -4.16. The number of rotatable bonds is 5. The normalized spacial score (nSPS) is 15.1. The molecule has 0 aliphatic carbocycles. The van der Waals surface area contributed by atoms with Crippen molar-refractivity contribution in [1.29, 1.82) is 0 Å². The molecule has 4 N–H and O–H groups in total. The van der Waals surface area contributed by atoms with Gasteiger partial charge in [0.15, 0.2) is 5.82 Å². The third-order valence-corrected chi connectivity index (χ3v) is 6.49. The van der Waals surface area contributed by atoms with Gasteiger partial charge < -0.3 is 16.0 Å². The Morgan fingerprint density at radius 1 is 1.00 bits per heavy atom. The number of halogens is 3. The fourth-order valence-corrected chi connectivity index (χ4v) is 4.39. The Balaban J connectivity index is 1.28. The largest absolute Gasteiger partial charge is 0.416 e. The Kier molecular flexibility index (Phi) is 6.91. The summed E-state index contributed by atoms with van der Waals surface area (Å²) >= 11 is 0. The molecule has 12 heteroatoms. The van der Waals surface area contributed by atoms with E-state index in [2.05, 4.69) is 25.6 Å². The van der Waals surface area contributed by atoms with Crippen molar-refractivity contribution in [2.45, 2.75) is 12.7 Å². The van der Waals surface area contributed by atoms with Crippen LogP contribution in [0.3, 0.4) is 0 Å². The van der Waals surface area contributed by atoms with Crippen LogP contribution in [0, 0.1) is 0 Å². The summed E-state index contributed by atoms with van der Waals surface area (Å²) in [5.41, 5.74) is 7.58. The first kappa shape index (κ1) is 25.5. The highest BCUT2D eigenvalue weighted by atomic mass is 19.4. The molecule has 0 atom stereocenters. The van der Waals surface area contributed by atoms with Crippen molar-refractivity contribution in [2.24, 2.45) is 0 Å². The quantitative estimate of drug-likeness (QED) is 0.358. The number of nitrogen functional groups attached to an aromatic ring is 1. The lowest BCUT2D eigenvalue weighted by Crippen LogP contribution is -2.44. The van der Waals surface area contributed by atoms with E-state index in [1.807, 2.05) is 30.1 Å². The molecule has 38 heavy (non-hydrogen) atoms. The molecule has 1 saturated heterocycles. The first-order valence-electron chi connectivity index (χ1n) is 12.0. The number of nitrogens with one attached hydrogen (secondary N) is 2. The first-order chi connectivity index (χ1) is 18.1. The van der Waals surface area contributed by atoms with Crippen LogP contribution in [0.15, 0.2) is 60.9 Å². The zero-order valence-corrected chi connectivity index (χ0v) is 20.7. The number of aromatic nitrogens is 3. The van der Waals surface area contributed by atoms with Crippen LogP contribution in [0.4, 0.5) is 35.3 Å². The highest BCUT2D eigenvalue weighted by molar-refractivity contribution is 5.99. The average molecular weight is 525 g/mol. The number of nitrogens with zero attached hydrogens (tertiary/aromatic N) is 5. The maximum absolute atomic E-state index is 13.8. The number of pyridine rings is 2. The van der Waals surface area contributed by atoms with Crippen LogP contribution >= 0.6 is 0 Å². The van der Waals surface area contributed by atoms with Crippen LogP contribution in [-0.2, 0) is 12.7 Å². The summed E-state index contributed by atoms with van der Waals surface area (Å²) in [4.78, 5) is 20.8. The molecule has 198 valence electrons. The minimum absolute atomic E-state index is 0.0406. The minimum atomic E-state index is -4.55. The fourth-order valence-electron chi connectivity index (χ4n) is 4.39. The molecule has 1 aliphatic rings. The first-order valence-corrected chi connectivity index (χ1v) is 12.0. The van der Waals surface area contributed by atoms with Crippen molar-refractivity contribution in [3.05, 3.63) is 72.1 Å². The molecule has 5 rings (SSSR count). The second-order valence-corrected chi connectivity index (χ2v) is 9.31. The van der Waals surface area contributed by atoms with E-state index in [9.17, 15) is 18.0 Å². The van der Waals surface area contributed by atoms with Crippen molar-refractivity contribution < 1.29 is 18.0 Å². The molecular formula is C26H27F3N8O. The summed E-state index contributed by atoms with van der Waals surface area (Å²) in [6, 6.07) is 12.1. The Bertz CT molecular complexity index is 1440. The monoisotopic (exact) mass is 524 g/mol. The number of anilines is 3. The molecular weight excluding hydrogens is 497 g/mol. The van der Waals surface area contributed by atoms with Gasteiger partial charge in [0.25, 0.3) is 0 Å². The van der Waals surface area contributed by atoms with Gasteiger partial charge in [0.2, 0.25) is 0 Å². The van der Waals surface area contributed by atoms with Crippen LogP contribution in [0.2, 0.25) is 0 Å². The summed E-state index contributed by atoms with van der Waals surface area (Å²) in [5.74, 6) is 0.668. The summed E-state index contributed by atoms with van der Waals surface area (Å²) in [5, 5.41) is 9.38. The SMILES string of the molecule is CN1CCN(Cc2ccc(NC(=O)Nc3cc4cc(-c5ccc(N)nc5)ccn4n3)cc2C(F)(F)F)CC1. The smallest absolute Gasteiger partial charge is 0.384 e. The number of benzene rings is 1. The summed E-state index contributed by atoms with van der Waals surface area (Å²) in [6.45, 7) is 3.22. The highest BCUT2D eigenvalue weighted by Gasteiger charge is 2.34. The predicted molar refractivity (Wildman–Crippen MR) is 140 cm³/mol. The second-order valence-electron chi connectivity index (χ2n) is 9.31. The molecule has 4 heterocycles. The maximum atomic E-state index is 13.8. The van der Waals surface area contributed by atoms with Crippen LogP contribution in [-0.4, -0.2) is 63.7 Å². The molecule has 1 aliphatic heterocycles. The van der Waals surface area contributed by atoms with E-state index in [1.54, 1.807) is 29.0 Å². The zero-order valence-electron chi connectivity index (χ0n) is 20.7. The summed E-state index contributed by atoms with van der Waals surface area (Å²) in [6.07, 6.45) is -1.15.